The summed E-state index contributed by atoms with van der Waals surface area (Å²) in [5.74, 6) is 0. The van der Waals surface area contributed by atoms with E-state index in [0.29, 0.717) is 21.5 Å². The summed E-state index contributed by atoms with van der Waals surface area (Å²) < 4.78 is 68.1. The summed E-state index contributed by atoms with van der Waals surface area (Å²) in [5.41, 5.74) is 0.0371. The smallest absolute Gasteiger partial charge is 0.282 e. The van der Waals surface area contributed by atoms with Crippen LogP contribution in [-0.2, 0) is 20.2 Å². The zero-order chi connectivity index (χ0) is 20.1. The second-order valence-electron chi connectivity index (χ2n) is 6.27. The van der Waals surface area contributed by atoms with Crippen LogP contribution in [0.5, 0.6) is 0 Å². The number of rotatable bonds is 3. The maximum atomic E-state index is 12.1. The number of hydrogen-bond acceptors (Lipinski definition) is 4. The highest BCUT2D eigenvalue weighted by atomic mass is 32.2. The molecule has 0 saturated heterocycles. The maximum absolute atomic E-state index is 12.1. The van der Waals surface area contributed by atoms with Gasteiger partial charge in [0.2, 0.25) is 0 Å². The van der Waals surface area contributed by atoms with E-state index >= 15 is 0 Å². The summed E-state index contributed by atoms with van der Waals surface area (Å²) in [6.07, 6.45) is 0. The van der Waals surface area contributed by atoms with Gasteiger partial charge in [0.1, 0.15) is 9.79 Å². The van der Waals surface area contributed by atoms with Crippen LogP contribution in [0.1, 0.15) is 0 Å². The third-order valence-electron chi connectivity index (χ3n) is 4.59. The molecule has 0 aliphatic heterocycles. The Labute approximate surface area is 161 Å². The van der Waals surface area contributed by atoms with Crippen LogP contribution in [0, 0.1) is 0 Å². The molecular formula is C20H14O6S2. The highest BCUT2D eigenvalue weighted by Gasteiger charge is 2.26. The molecule has 4 aromatic rings. The Morgan fingerprint density at radius 2 is 0.857 bits per heavy atom. The van der Waals surface area contributed by atoms with Gasteiger partial charge in [-0.2, -0.15) is 16.8 Å². The molecule has 28 heavy (non-hydrogen) atoms. The average molecular weight is 414 g/mol. The average Bonchev–Trinajstić information content (AvgIpc) is 2.64. The molecule has 8 heteroatoms. The molecule has 0 aliphatic carbocycles. The van der Waals surface area contributed by atoms with Crippen molar-refractivity contribution in [3.8, 4) is 11.1 Å². The fraction of sp³-hybridized carbons (Fsp3) is 0. The molecule has 6 nitrogen and oxygen atoms in total. The monoisotopic (exact) mass is 414 g/mol. The minimum atomic E-state index is -4.68. The van der Waals surface area contributed by atoms with E-state index in [1.54, 1.807) is 48.5 Å². The highest BCUT2D eigenvalue weighted by molar-refractivity contribution is 7.86. The molecule has 0 amide bonds. The summed E-state index contributed by atoms with van der Waals surface area (Å²) >= 11 is 0. The molecule has 0 heterocycles. The molecule has 0 radical (unpaired) electrons. The van der Waals surface area contributed by atoms with Gasteiger partial charge in [0.25, 0.3) is 20.2 Å². The van der Waals surface area contributed by atoms with E-state index in [1.807, 2.05) is 0 Å². The van der Waals surface area contributed by atoms with E-state index in [1.165, 1.54) is 24.3 Å². The van der Waals surface area contributed by atoms with Crippen LogP contribution in [0.2, 0.25) is 0 Å². The molecule has 0 fully saturated rings. The van der Waals surface area contributed by atoms with Gasteiger partial charge in [-0.1, -0.05) is 60.7 Å². The summed E-state index contributed by atoms with van der Waals surface area (Å²) in [7, 11) is -9.36. The molecule has 0 saturated carbocycles. The fourth-order valence-electron chi connectivity index (χ4n) is 3.45. The van der Waals surface area contributed by atoms with Crippen molar-refractivity contribution in [1.82, 2.24) is 0 Å². The van der Waals surface area contributed by atoms with Crippen molar-refractivity contribution >= 4 is 41.8 Å². The van der Waals surface area contributed by atoms with E-state index < -0.39 is 30.0 Å². The van der Waals surface area contributed by atoms with Gasteiger partial charge in [0, 0.05) is 11.1 Å². The molecule has 0 atom stereocenters. The van der Waals surface area contributed by atoms with Crippen molar-refractivity contribution < 1.29 is 25.9 Å². The molecule has 0 spiro atoms. The van der Waals surface area contributed by atoms with Crippen molar-refractivity contribution in [2.24, 2.45) is 0 Å². The first kappa shape index (κ1) is 18.6. The van der Waals surface area contributed by atoms with Crippen molar-refractivity contribution in [3.05, 3.63) is 72.8 Å². The summed E-state index contributed by atoms with van der Waals surface area (Å²) in [6, 6.07) is 19.1. The lowest BCUT2D eigenvalue weighted by Crippen LogP contribution is -2.06. The minimum absolute atomic E-state index is 0.0185. The van der Waals surface area contributed by atoms with Gasteiger partial charge in [0.15, 0.2) is 0 Å². The lowest BCUT2D eigenvalue weighted by molar-refractivity contribution is 0.480. The van der Waals surface area contributed by atoms with E-state index in [9.17, 15) is 25.9 Å². The predicted octanol–water partition coefficient (Wildman–Crippen LogP) is 4.15. The first-order valence-electron chi connectivity index (χ1n) is 8.17. The molecular weight excluding hydrogens is 400 g/mol. The molecule has 4 aromatic carbocycles. The maximum Gasteiger partial charge on any atom is 0.295 e. The Morgan fingerprint density at radius 1 is 0.500 bits per heavy atom. The molecule has 142 valence electrons. The van der Waals surface area contributed by atoms with E-state index in [-0.39, 0.29) is 11.1 Å². The third kappa shape index (κ3) is 3.06. The molecule has 0 unspecified atom stereocenters. The number of benzene rings is 4. The predicted molar refractivity (Wildman–Crippen MR) is 107 cm³/mol. The standard InChI is InChI=1S/C20H14O6S2/c21-27(22,23)17-11-9-13-5-1-3-7-15(13)19(17)20-16-8-4-2-6-14(16)10-12-18(20)28(24,25)26/h1-12H,(H,21,22,23)(H,24,25,26). The van der Waals surface area contributed by atoms with E-state index in [2.05, 4.69) is 0 Å². The van der Waals surface area contributed by atoms with Gasteiger partial charge in [-0.15, -0.1) is 0 Å². The first-order chi connectivity index (χ1) is 13.2. The SMILES string of the molecule is O=S(=O)(O)c1ccc2ccccc2c1-c1c(S(=O)(=O)O)ccc2ccccc12. The van der Waals surface area contributed by atoms with Crippen LogP contribution in [-0.4, -0.2) is 25.9 Å². The van der Waals surface area contributed by atoms with Gasteiger partial charge >= 0.3 is 0 Å². The van der Waals surface area contributed by atoms with Crippen molar-refractivity contribution in [2.75, 3.05) is 0 Å². The van der Waals surface area contributed by atoms with Crippen LogP contribution in [0.3, 0.4) is 0 Å². The van der Waals surface area contributed by atoms with Gasteiger partial charge < -0.3 is 0 Å². The zero-order valence-electron chi connectivity index (χ0n) is 14.3. The largest absolute Gasteiger partial charge is 0.295 e. The molecule has 4 rings (SSSR count). The van der Waals surface area contributed by atoms with Gasteiger partial charge in [-0.3, -0.25) is 9.11 Å². The van der Waals surface area contributed by atoms with Crippen LogP contribution in [0.15, 0.2) is 82.6 Å². The normalized spacial score (nSPS) is 12.5. The Bertz CT molecular complexity index is 1340. The summed E-state index contributed by atoms with van der Waals surface area (Å²) in [4.78, 5) is -0.875. The van der Waals surface area contributed by atoms with Gasteiger partial charge in [-0.25, -0.2) is 0 Å². The molecule has 0 bridgehead atoms. The topological polar surface area (TPSA) is 109 Å². The van der Waals surface area contributed by atoms with E-state index in [4.69, 9.17) is 0 Å². The quantitative estimate of drug-likeness (QED) is 0.488. The summed E-state index contributed by atoms with van der Waals surface area (Å²) in [6.45, 7) is 0. The number of hydrogen-bond donors (Lipinski definition) is 2. The Kier molecular flexibility index (Phi) is 4.24. The Balaban J connectivity index is 2.34. The lowest BCUT2D eigenvalue weighted by Gasteiger charge is -2.16. The fourth-order valence-corrected chi connectivity index (χ4v) is 4.87. The lowest BCUT2D eigenvalue weighted by atomic mass is 9.94. The van der Waals surface area contributed by atoms with Gasteiger partial charge in [0.05, 0.1) is 0 Å². The first-order valence-corrected chi connectivity index (χ1v) is 11.0. The second kappa shape index (κ2) is 6.39. The Hall–Kier alpha value is -2.78. The summed E-state index contributed by atoms with van der Waals surface area (Å²) in [5, 5.41) is 2.16. The van der Waals surface area contributed by atoms with Crippen molar-refractivity contribution in [1.29, 1.82) is 0 Å². The van der Waals surface area contributed by atoms with Crippen LogP contribution in [0.25, 0.3) is 32.7 Å². The van der Waals surface area contributed by atoms with Gasteiger partial charge in [-0.05, 0) is 33.7 Å². The third-order valence-corrected chi connectivity index (χ3v) is 6.38. The minimum Gasteiger partial charge on any atom is -0.282 e. The van der Waals surface area contributed by atoms with Crippen molar-refractivity contribution in [2.45, 2.75) is 9.79 Å². The van der Waals surface area contributed by atoms with E-state index in [0.717, 1.165) is 0 Å². The van der Waals surface area contributed by atoms with Crippen LogP contribution >= 0.6 is 0 Å². The zero-order valence-corrected chi connectivity index (χ0v) is 15.9. The number of fused-ring (bicyclic) bond motifs is 2. The van der Waals surface area contributed by atoms with Crippen LogP contribution < -0.4 is 0 Å². The Morgan fingerprint density at radius 3 is 1.21 bits per heavy atom. The molecule has 0 aliphatic rings. The van der Waals surface area contributed by atoms with Crippen LogP contribution in [0.4, 0.5) is 0 Å². The second-order valence-corrected chi connectivity index (χ2v) is 9.05. The molecule has 0 aromatic heterocycles. The highest BCUT2D eigenvalue weighted by Crippen LogP contribution is 2.42. The molecule has 2 N–H and O–H groups in total. The van der Waals surface area contributed by atoms with Crippen molar-refractivity contribution in [3.63, 3.8) is 0 Å².